The molecular weight excluding hydrogens is 302 g/mol. The molecule has 3 rings (SSSR count). The van der Waals surface area contributed by atoms with Crippen molar-refractivity contribution in [3.05, 3.63) is 53.9 Å². The minimum absolute atomic E-state index is 0.0955. The first kappa shape index (κ1) is 16.7. The fourth-order valence-electron chi connectivity index (χ4n) is 3.47. The number of aromatic nitrogens is 2. The fraction of sp³-hybridized carbons (Fsp3) is 0.474. The van der Waals surface area contributed by atoms with Crippen molar-refractivity contribution in [3.8, 4) is 0 Å². The lowest BCUT2D eigenvalue weighted by Gasteiger charge is -2.31. The Bertz CT molecular complexity index is 627. The lowest BCUT2D eigenvalue weighted by Crippen LogP contribution is -2.41. The van der Waals surface area contributed by atoms with Gasteiger partial charge in [-0.25, -0.2) is 0 Å². The summed E-state index contributed by atoms with van der Waals surface area (Å²) in [5.41, 5.74) is 1.76. The molecule has 1 saturated heterocycles. The number of rotatable bonds is 5. The monoisotopic (exact) mass is 327 g/mol. The van der Waals surface area contributed by atoms with Crippen LogP contribution in [0.5, 0.6) is 0 Å². The van der Waals surface area contributed by atoms with E-state index in [1.54, 1.807) is 6.20 Å². The van der Waals surface area contributed by atoms with E-state index < -0.39 is 6.10 Å². The van der Waals surface area contributed by atoms with Gasteiger partial charge in [0.15, 0.2) is 0 Å². The maximum Gasteiger partial charge on any atom is 0.228 e. The zero-order valence-electron chi connectivity index (χ0n) is 13.9. The minimum Gasteiger partial charge on any atom is -0.388 e. The molecular formula is C19H25N3O2. The number of nitrogens with one attached hydrogen (secondary N) is 1. The summed E-state index contributed by atoms with van der Waals surface area (Å²) in [6, 6.07) is 11.6. The second-order valence-corrected chi connectivity index (χ2v) is 6.51. The Morgan fingerprint density at radius 2 is 2.08 bits per heavy atom. The van der Waals surface area contributed by atoms with Crippen LogP contribution < -0.4 is 0 Å². The lowest BCUT2D eigenvalue weighted by molar-refractivity contribution is -0.133. The fourth-order valence-corrected chi connectivity index (χ4v) is 3.47. The van der Waals surface area contributed by atoms with Gasteiger partial charge < -0.3 is 10.0 Å². The Hall–Kier alpha value is -2.14. The number of aromatic amines is 1. The zero-order valence-corrected chi connectivity index (χ0v) is 13.9. The summed E-state index contributed by atoms with van der Waals surface area (Å²) in [5, 5.41) is 17.3. The molecule has 0 bridgehead atoms. The van der Waals surface area contributed by atoms with Crippen LogP contribution in [0.3, 0.4) is 0 Å². The van der Waals surface area contributed by atoms with Gasteiger partial charge in [0.2, 0.25) is 5.91 Å². The van der Waals surface area contributed by atoms with E-state index in [4.69, 9.17) is 0 Å². The first-order chi connectivity index (χ1) is 11.7. The van der Waals surface area contributed by atoms with Crippen LogP contribution in [0.4, 0.5) is 0 Å². The molecule has 0 spiro atoms. The molecule has 2 heterocycles. The van der Waals surface area contributed by atoms with Crippen LogP contribution in [0, 0.1) is 0 Å². The van der Waals surface area contributed by atoms with Crippen molar-refractivity contribution < 1.29 is 9.90 Å². The Morgan fingerprint density at radius 3 is 2.83 bits per heavy atom. The Kier molecular flexibility index (Phi) is 5.64. The molecule has 5 heteroatoms. The predicted octanol–water partition coefficient (Wildman–Crippen LogP) is 2.85. The summed E-state index contributed by atoms with van der Waals surface area (Å²) in [5.74, 6) is 0.117. The second-order valence-electron chi connectivity index (χ2n) is 6.51. The van der Waals surface area contributed by atoms with E-state index in [0.717, 1.165) is 43.5 Å². The summed E-state index contributed by atoms with van der Waals surface area (Å²) in [6.07, 6.45) is 6.33. The zero-order chi connectivity index (χ0) is 16.8. The molecule has 0 saturated carbocycles. The van der Waals surface area contributed by atoms with Gasteiger partial charge in [0.05, 0.1) is 12.5 Å². The first-order valence-electron chi connectivity index (χ1n) is 8.75. The van der Waals surface area contributed by atoms with Crippen molar-refractivity contribution in [2.45, 2.75) is 50.7 Å². The minimum atomic E-state index is -0.531. The van der Waals surface area contributed by atoms with Gasteiger partial charge in [-0.3, -0.25) is 9.89 Å². The van der Waals surface area contributed by atoms with Gasteiger partial charge >= 0.3 is 0 Å². The van der Waals surface area contributed by atoms with Gasteiger partial charge in [0.25, 0.3) is 0 Å². The van der Waals surface area contributed by atoms with Crippen LogP contribution in [0.1, 0.15) is 49.5 Å². The van der Waals surface area contributed by atoms with E-state index in [1.807, 2.05) is 41.3 Å². The van der Waals surface area contributed by atoms with E-state index in [2.05, 4.69) is 10.2 Å². The van der Waals surface area contributed by atoms with Gasteiger partial charge in [0.1, 0.15) is 0 Å². The Morgan fingerprint density at radius 1 is 1.25 bits per heavy atom. The van der Waals surface area contributed by atoms with E-state index in [-0.39, 0.29) is 11.9 Å². The topological polar surface area (TPSA) is 69.2 Å². The van der Waals surface area contributed by atoms with E-state index in [9.17, 15) is 9.90 Å². The average Bonchev–Trinajstić information content (AvgIpc) is 3.00. The highest BCUT2D eigenvalue weighted by atomic mass is 16.3. The van der Waals surface area contributed by atoms with Crippen LogP contribution in [0.2, 0.25) is 0 Å². The molecule has 2 N–H and O–H groups in total. The number of H-pyrrole nitrogens is 1. The molecule has 1 aromatic carbocycles. The number of nitrogens with zero attached hydrogens (tertiary/aromatic N) is 2. The van der Waals surface area contributed by atoms with Gasteiger partial charge in [0, 0.05) is 24.5 Å². The number of hydrogen-bond acceptors (Lipinski definition) is 3. The van der Waals surface area contributed by atoms with Crippen molar-refractivity contribution in [1.29, 1.82) is 0 Å². The highest BCUT2D eigenvalue weighted by molar-refractivity contribution is 5.78. The highest BCUT2D eigenvalue weighted by Crippen LogP contribution is 2.26. The molecule has 128 valence electrons. The molecule has 0 radical (unpaired) electrons. The summed E-state index contributed by atoms with van der Waals surface area (Å²) in [4.78, 5) is 14.7. The lowest BCUT2D eigenvalue weighted by atomic mass is 9.98. The normalized spacial score (nSPS) is 19.7. The summed E-state index contributed by atoms with van der Waals surface area (Å²) in [7, 11) is 0. The van der Waals surface area contributed by atoms with Gasteiger partial charge in [-0.2, -0.15) is 5.10 Å². The Labute approximate surface area is 142 Å². The van der Waals surface area contributed by atoms with Gasteiger partial charge in [-0.15, -0.1) is 0 Å². The number of aliphatic hydroxyl groups excluding tert-OH is 1. The van der Waals surface area contributed by atoms with Crippen molar-refractivity contribution in [3.63, 3.8) is 0 Å². The number of hydrogen-bond donors (Lipinski definition) is 2. The third kappa shape index (κ3) is 4.23. The highest BCUT2D eigenvalue weighted by Gasteiger charge is 2.27. The van der Waals surface area contributed by atoms with Crippen molar-refractivity contribution >= 4 is 5.91 Å². The van der Waals surface area contributed by atoms with E-state index >= 15 is 0 Å². The number of carbonyl (C=O) groups excluding carboxylic acids is 1. The van der Waals surface area contributed by atoms with Crippen molar-refractivity contribution in [2.75, 3.05) is 6.54 Å². The number of aliphatic hydroxyl groups is 1. The first-order valence-corrected chi connectivity index (χ1v) is 8.75. The molecule has 2 unspecified atom stereocenters. The van der Waals surface area contributed by atoms with Crippen LogP contribution in [0.15, 0.2) is 42.6 Å². The molecule has 1 aliphatic heterocycles. The molecule has 0 aliphatic carbocycles. The summed E-state index contributed by atoms with van der Waals surface area (Å²) in [6.45, 7) is 0.777. The maximum absolute atomic E-state index is 12.7. The molecule has 2 aromatic rings. The Balaban J connectivity index is 1.69. The molecule has 1 aromatic heterocycles. The number of benzene rings is 1. The largest absolute Gasteiger partial charge is 0.388 e. The third-order valence-electron chi connectivity index (χ3n) is 4.78. The smallest absolute Gasteiger partial charge is 0.228 e. The molecule has 2 atom stereocenters. The van der Waals surface area contributed by atoms with Crippen molar-refractivity contribution in [2.24, 2.45) is 0 Å². The molecule has 5 nitrogen and oxygen atoms in total. The van der Waals surface area contributed by atoms with Crippen LogP contribution in [-0.2, 0) is 11.2 Å². The second kappa shape index (κ2) is 8.11. The maximum atomic E-state index is 12.7. The van der Waals surface area contributed by atoms with Crippen molar-refractivity contribution in [1.82, 2.24) is 15.1 Å². The van der Waals surface area contributed by atoms with Crippen LogP contribution in [0.25, 0.3) is 0 Å². The number of amides is 1. The average molecular weight is 327 g/mol. The summed E-state index contributed by atoms with van der Waals surface area (Å²) < 4.78 is 0. The third-order valence-corrected chi connectivity index (χ3v) is 4.78. The van der Waals surface area contributed by atoms with E-state index in [0.29, 0.717) is 12.8 Å². The molecule has 1 fully saturated rings. The van der Waals surface area contributed by atoms with Gasteiger partial charge in [-0.1, -0.05) is 43.2 Å². The standard InChI is InChI=1S/C19H25N3O2/c23-18(15-7-3-1-4-8-15)14-17-9-5-2-6-12-22(17)19(24)13-16-10-11-20-21-16/h1,3-4,7-8,10-11,17-18,23H,2,5-6,9,12-14H2,(H,20,21). The van der Waals surface area contributed by atoms with Gasteiger partial charge in [-0.05, 0) is 30.9 Å². The SMILES string of the molecule is O=C(Cc1ccn[nH]1)N1CCCCCC1CC(O)c1ccccc1. The number of likely N-dealkylation sites (tertiary alicyclic amines) is 1. The predicted molar refractivity (Wildman–Crippen MR) is 92.3 cm³/mol. The molecule has 1 aliphatic rings. The summed E-state index contributed by atoms with van der Waals surface area (Å²) >= 11 is 0. The quantitative estimate of drug-likeness (QED) is 0.887. The molecule has 24 heavy (non-hydrogen) atoms. The van der Waals surface area contributed by atoms with E-state index in [1.165, 1.54) is 0 Å². The van der Waals surface area contributed by atoms with Crippen LogP contribution in [-0.4, -0.2) is 38.7 Å². The van der Waals surface area contributed by atoms with Crippen LogP contribution >= 0.6 is 0 Å². The molecule has 1 amide bonds. The number of carbonyl (C=O) groups is 1.